The molecular weight excluding hydrogens is 128 g/mol. The summed E-state index contributed by atoms with van der Waals surface area (Å²) in [7, 11) is 0. The molecule has 1 N–H and O–H groups in total. The van der Waals surface area contributed by atoms with Crippen molar-refractivity contribution in [3.8, 4) is 0 Å². The number of carbonyl (C=O) groups is 1. The summed E-state index contributed by atoms with van der Waals surface area (Å²) in [6.45, 7) is 3.71. The molecule has 1 unspecified atom stereocenters. The molecule has 0 bridgehead atoms. The molecule has 2 rings (SSSR count). The van der Waals surface area contributed by atoms with E-state index in [-0.39, 0.29) is 6.03 Å². The van der Waals surface area contributed by atoms with Crippen molar-refractivity contribution in [2.75, 3.05) is 13.1 Å². The van der Waals surface area contributed by atoms with Gasteiger partial charge in [0.05, 0.1) is 6.54 Å². The fourth-order valence-electron chi connectivity index (χ4n) is 1.51. The maximum Gasteiger partial charge on any atom is 0.322 e. The summed E-state index contributed by atoms with van der Waals surface area (Å²) >= 11 is 0. The van der Waals surface area contributed by atoms with Crippen LogP contribution >= 0.6 is 0 Å². The average molecular weight is 138 g/mol. The van der Waals surface area contributed by atoms with Crippen LogP contribution in [0.5, 0.6) is 0 Å². The van der Waals surface area contributed by atoms with Crippen molar-refractivity contribution in [2.45, 2.75) is 6.92 Å². The number of fused-ring (bicyclic) bond motifs is 1. The van der Waals surface area contributed by atoms with E-state index in [1.54, 1.807) is 0 Å². The lowest BCUT2D eigenvalue weighted by Crippen LogP contribution is -2.27. The first kappa shape index (κ1) is 5.77. The molecule has 0 radical (unpaired) electrons. The zero-order valence-electron chi connectivity index (χ0n) is 5.92. The van der Waals surface area contributed by atoms with E-state index in [1.807, 2.05) is 4.90 Å². The van der Waals surface area contributed by atoms with Crippen molar-refractivity contribution in [1.29, 1.82) is 0 Å². The predicted octanol–water partition coefficient (Wildman–Crippen LogP) is 0.545. The molecule has 1 atom stereocenters. The maximum atomic E-state index is 11.0. The molecule has 10 heavy (non-hydrogen) atoms. The van der Waals surface area contributed by atoms with Crippen molar-refractivity contribution in [1.82, 2.24) is 10.2 Å². The standard InChI is InChI=1S/C7H10N2O/c1-5-2-6-3-8-7(10)9(6)4-5/h2,5H,3-4H2,1H3,(H,8,10). The number of nitrogens with one attached hydrogen (secondary N) is 1. The normalized spacial score (nSPS) is 30.1. The number of urea groups is 1. The zero-order valence-corrected chi connectivity index (χ0v) is 5.92. The van der Waals surface area contributed by atoms with E-state index in [0.29, 0.717) is 5.92 Å². The molecule has 0 aliphatic carbocycles. The van der Waals surface area contributed by atoms with Crippen LogP contribution in [0.4, 0.5) is 4.79 Å². The Bertz CT molecular complexity index is 210. The molecule has 2 aliphatic heterocycles. The van der Waals surface area contributed by atoms with E-state index in [9.17, 15) is 4.79 Å². The topological polar surface area (TPSA) is 32.3 Å². The first-order valence-corrected chi connectivity index (χ1v) is 3.53. The lowest BCUT2D eigenvalue weighted by atomic mass is 10.2. The number of hydrogen-bond donors (Lipinski definition) is 1. The highest BCUT2D eigenvalue weighted by Gasteiger charge is 2.30. The number of nitrogens with zero attached hydrogens (tertiary/aromatic N) is 1. The molecule has 3 nitrogen and oxygen atoms in total. The Kier molecular flexibility index (Phi) is 1.01. The van der Waals surface area contributed by atoms with Crippen molar-refractivity contribution >= 4 is 6.03 Å². The predicted molar refractivity (Wildman–Crippen MR) is 37.4 cm³/mol. The molecule has 0 aromatic carbocycles. The molecule has 0 aromatic rings. The van der Waals surface area contributed by atoms with E-state index in [0.717, 1.165) is 18.8 Å². The highest BCUT2D eigenvalue weighted by molar-refractivity contribution is 5.80. The summed E-state index contributed by atoms with van der Waals surface area (Å²) in [5.74, 6) is 0.543. The van der Waals surface area contributed by atoms with Gasteiger partial charge in [0.2, 0.25) is 0 Å². The van der Waals surface area contributed by atoms with Gasteiger partial charge in [-0.05, 0) is 5.92 Å². The molecule has 1 saturated heterocycles. The first-order valence-electron chi connectivity index (χ1n) is 3.53. The van der Waals surface area contributed by atoms with Crippen LogP contribution in [0.25, 0.3) is 0 Å². The second kappa shape index (κ2) is 1.75. The Morgan fingerprint density at radius 1 is 1.80 bits per heavy atom. The minimum absolute atomic E-state index is 0.0654. The summed E-state index contributed by atoms with van der Waals surface area (Å²) < 4.78 is 0. The maximum absolute atomic E-state index is 11.0. The summed E-state index contributed by atoms with van der Waals surface area (Å²) in [5.41, 5.74) is 1.15. The van der Waals surface area contributed by atoms with Gasteiger partial charge in [0, 0.05) is 12.2 Å². The lowest BCUT2D eigenvalue weighted by Gasteiger charge is -2.09. The van der Waals surface area contributed by atoms with Gasteiger partial charge in [0.25, 0.3) is 0 Å². The Morgan fingerprint density at radius 2 is 2.60 bits per heavy atom. The van der Waals surface area contributed by atoms with E-state index in [1.165, 1.54) is 0 Å². The minimum atomic E-state index is 0.0654. The largest absolute Gasteiger partial charge is 0.332 e. The van der Waals surface area contributed by atoms with Crippen LogP contribution in [0, 0.1) is 5.92 Å². The fourth-order valence-corrected chi connectivity index (χ4v) is 1.51. The van der Waals surface area contributed by atoms with Gasteiger partial charge in [-0.3, -0.25) is 4.90 Å². The highest BCUT2D eigenvalue weighted by Crippen LogP contribution is 2.22. The monoisotopic (exact) mass is 138 g/mol. The first-order chi connectivity index (χ1) is 4.77. The van der Waals surface area contributed by atoms with Crippen molar-refractivity contribution in [3.05, 3.63) is 11.8 Å². The van der Waals surface area contributed by atoms with Gasteiger partial charge in [0.1, 0.15) is 0 Å². The van der Waals surface area contributed by atoms with Crippen LogP contribution in [0.15, 0.2) is 11.8 Å². The van der Waals surface area contributed by atoms with Gasteiger partial charge >= 0.3 is 6.03 Å². The van der Waals surface area contributed by atoms with Gasteiger partial charge in [-0.15, -0.1) is 0 Å². The third-order valence-electron chi connectivity index (χ3n) is 1.96. The molecule has 0 spiro atoms. The molecule has 0 saturated carbocycles. The second-order valence-corrected chi connectivity index (χ2v) is 2.90. The molecule has 54 valence electrons. The quantitative estimate of drug-likeness (QED) is 0.520. The molecule has 0 aromatic heterocycles. The number of rotatable bonds is 0. The van der Waals surface area contributed by atoms with Crippen LogP contribution in [0.3, 0.4) is 0 Å². The van der Waals surface area contributed by atoms with E-state index in [2.05, 4.69) is 18.3 Å². The fraction of sp³-hybridized carbons (Fsp3) is 0.571. The van der Waals surface area contributed by atoms with Gasteiger partial charge in [-0.25, -0.2) is 4.79 Å². The summed E-state index contributed by atoms with van der Waals surface area (Å²) in [5, 5.41) is 2.76. The highest BCUT2D eigenvalue weighted by atomic mass is 16.2. The SMILES string of the molecule is CC1C=C2CNC(=O)N2C1. The van der Waals surface area contributed by atoms with Crippen LogP contribution in [-0.2, 0) is 0 Å². The zero-order chi connectivity index (χ0) is 7.14. The molecular formula is C7H10N2O. The summed E-state index contributed by atoms with van der Waals surface area (Å²) in [6.07, 6.45) is 2.15. The van der Waals surface area contributed by atoms with Crippen molar-refractivity contribution < 1.29 is 4.79 Å². The smallest absolute Gasteiger partial charge is 0.322 e. The molecule has 2 aliphatic rings. The van der Waals surface area contributed by atoms with Gasteiger partial charge in [0.15, 0.2) is 0 Å². The summed E-state index contributed by atoms with van der Waals surface area (Å²) in [6, 6.07) is 0.0654. The van der Waals surface area contributed by atoms with Crippen LogP contribution < -0.4 is 5.32 Å². The average Bonchev–Trinajstić information content (AvgIpc) is 2.35. The Balaban J connectivity index is 2.26. The number of carbonyl (C=O) groups excluding carboxylic acids is 1. The Hall–Kier alpha value is -0.990. The Labute approximate surface area is 59.7 Å². The Morgan fingerprint density at radius 3 is 3.30 bits per heavy atom. The summed E-state index contributed by atoms with van der Waals surface area (Å²) in [4.78, 5) is 12.8. The van der Waals surface area contributed by atoms with E-state index < -0.39 is 0 Å². The molecule has 3 heteroatoms. The van der Waals surface area contributed by atoms with Crippen LogP contribution in [0.1, 0.15) is 6.92 Å². The number of hydrogen-bond acceptors (Lipinski definition) is 1. The molecule has 1 fully saturated rings. The van der Waals surface area contributed by atoms with Gasteiger partial charge in [-0.1, -0.05) is 13.0 Å². The van der Waals surface area contributed by atoms with Crippen molar-refractivity contribution in [2.24, 2.45) is 5.92 Å². The van der Waals surface area contributed by atoms with E-state index in [4.69, 9.17) is 0 Å². The van der Waals surface area contributed by atoms with Gasteiger partial charge < -0.3 is 5.32 Å². The third kappa shape index (κ3) is 0.632. The minimum Gasteiger partial charge on any atom is -0.332 e. The third-order valence-corrected chi connectivity index (χ3v) is 1.96. The number of amides is 2. The second-order valence-electron chi connectivity index (χ2n) is 2.90. The molecule has 2 heterocycles. The van der Waals surface area contributed by atoms with E-state index >= 15 is 0 Å². The van der Waals surface area contributed by atoms with Crippen LogP contribution in [-0.4, -0.2) is 24.0 Å². The molecule has 2 amide bonds. The lowest BCUT2D eigenvalue weighted by molar-refractivity contribution is 0.223. The van der Waals surface area contributed by atoms with Crippen molar-refractivity contribution in [3.63, 3.8) is 0 Å². The van der Waals surface area contributed by atoms with Gasteiger partial charge in [-0.2, -0.15) is 0 Å². The van der Waals surface area contributed by atoms with Crippen LogP contribution in [0.2, 0.25) is 0 Å².